The lowest BCUT2D eigenvalue weighted by atomic mass is 10.3. The summed E-state index contributed by atoms with van der Waals surface area (Å²) in [5.74, 6) is -6.31. The zero-order valence-electron chi connectivity index (χ0n) is 16.7. The average molecular weight is 434 g/mol. The molecule has 0 spiro atoms. The summed E-state index contributed by atoms with van der Waals surface area (Å²) in [7, 11) is 2.48. The van der Waals surface area contributed by atoms with Crippen LogP contribution in [0.5, 0.6) is 0 Å². The Labute approximate surface area is 171 Å². The Balaban J connectivity index is 5.06. The second kappa shape index (κ2) is 13.1. The first-order valence-corrected chi connectivity index (χ1v) is 8.61. The lowest BCUT2D eigenvalue weighted by Crippen LogP contribution is -2.47. The van der Waals surface area contributed by atoms with Crippen LogP contribution in [0.4, 0.5) is 0 Å². The van der Waals surface area contributed by atoms with E-state index in [4.69, 9.17) is 20.4 Å². The average Bonchev–Trinajstić information content (AvgIpc) is 2.56. The molecule has 0 aromatic rings. The third-order valence-corrected chi connectivity index (χ3v) is 3.76. The molecule has 0 aliphatic carbocycles. The first-order chi connectivity index (χ1) is 13.8. The van der Waals surface area contributed by atoms with Crippen LogP contribution in [-0.4, -0.2) is 142 Å². The van der Waals surface area contributed by atoms with E-state index in [-0.39, 0.29) is 13.1 Å². The van der Waals surface area contributed by atoms with E-state index in [0.29, 0.717) is 0 Å². The predicted molar refractivity (Wildman–Crippen MR) is 98.7 cm³/mol. The Bertz CT molecular complexity index is 612. The van der Waals surface area contributed by atoms with E-state index in [1.165, 1.54) is 23.9 Å². The molecule has 0 fully saturated rings. The molecule has 0 aromatic heterocycles. The molecule has 0 bridgehead atoms. The summed E-state index contributed by atoms with van der Waals surface area (Å²) in [5, 5.41) is 35.5. The van der Waals surface area contributed by atoms with Crippen molar-refractivity contribution < 1.29 is 49.2 Å². The molecule has 14 nitrogen and oxygen atoms in total. The number of carbonyl (C=O) groups excluding carboxylic acids is 2. The van der Waals surface area contributed by atoms with Gasteiger partial charge in [0.2, 0.25) is 11.8 Å². The molecular formula is C16H26N4O10. The van der Waals surface area contributed by atoms with Crippen LogP contribution < -0.4 is 0 Å². The highest BCUT2D eigenvalue weighted by Crippen LogP contribution is 1.98. The van der Waals surface area contributed by atoms with Crippen molar-refractivity contribution in [3.05, 3.63) is 0 Å². The summed E-state index contributed by atoms with van der Waals surface area (Å²) in [4.78, 5) is 71.7. The van der Waals surface area contributed by atoms with Crippen molar-refractivity contribution in [1.29, 1.82) is 0 Å². The van der Waals surface area contributed by atoms with Gasteiger partial charge in [-0.15, -0.1) is 0 Å². The topological polar surface area (TPSA) is 196 Å². The van der Waals surface area contributed by atoms with Crippen LogP contribution in [0.3, 0.4) is 0 Å². The second-order valence-electron chi connectivity index (χ2n) is 6.50. The Hall–Kier alpha value is -3.26. The van der Waals surface area contributed by atoms with Gasteiger partial charge in [0.1, 0.15) is 13.1 Å². The molecule has 30 heavy (non-hydrogen) atoms. The highest BCUT2D eigenvalue weighted by molar-refractivity contribution is 5.83. The van der Waals surface area contributed by atoms with Gasteiger partial charge in [0, 0.05) is 27.2 Å². The zero-order chi connectivity index (χ0) is 23.4. The number of rotatable bonds is 15. The molecule has 0 heterocycles. The van der Waals surface area contributed by atoms with Crippen molar-refractivity contribution in [3.63, 3.8) is 0 Å². The minimum absolute atomic E-state index is 0.109. The summed E-state index contributed by atoms with van der Waals surface area (Å²) in [6, 6.07) is 0. The van der Waals surface area contributed by atoms with Crippen molar-refractivity contribution in [2.45, 2.75) is 0 Å². The Morgan fingerprint density at radius 2 is 0.767 bits per heavy atom. The molecule has 4 N–H and O–H groups in total. The first-order valence-electron chi connectivity index (χ1n) is 8.61. The number of carbonyl (C=O) groups is 6. The Morgan fingerprint density at radius 3 is 1.00 bits per heavy atom. The van der Waals surface area contributed by atoms with E-state index < -0.39 is 75.0 Å². The lowest BCUT2D eigenvalue weighted by Gasteiger charge is -2.27. The molecule has 0 aliphatic heterocycles. The smallest absolute Gasteiger partial charge is 0.323 e. The lowest BCUT2D eigenvalue weighted by molar-refractivity contribution is -0.146. The number of likely N-dealkylation sites (N-methyl/N-ethyl adjacent to an activating group) is 2. The van der Waals surface area contributed by atoms with E-state index in [1.807, 2.05) is 0 Å². The van der Waals surface area contributed by atoms with Crippen LogP contribution >= 0.6 is 0 Å². The summed E-state index contributed by atoms with van der Waals surface area (Å²) in [5.41, 5.74) is 0. The van der Waals surface area contributed by atoms with Gasteiger partial charge in [0.05, 0.1) is 26.2 Å². The monoisotopic (exact) mass is 434 g/mol. The molecule has 0 radical (unpaired) electrons. The van der Waals surface area contributed by atoms with Gasteiger partial charge >= 0.3 is 23.9 Å². The fourth-order valence-corrected chi connectivity index (χ4v) is 2.30. The van der Waals surface area contributed by atoms with E-state index in [1.54, 1.807) is 0 Å². The maximum absolute atomic E-state index is 12.1. The molecule has 2 amide bonds. The van der Waals surface area contributed by atoms with Gasteiger partial charge in [-0.2, -0.15) is 0 Å². The number of carboxylic acids is 4. The van der Waals surface area contributed by atoms with E-state index in [9.17, 15) is 28.8 Å². The van der Waals surface area contributed by atoms with E-state index in [0.717, 1.165) is 9.80 Å². The second-order valence-corrected chi connectivity index (χ2v) is 6.50. The van der Waals surface area contributed by atoms with Crippen molar-refractivity contribution in [1.82, 2.24) is 19.6 Å². The number of amides is 2. The normalized spacial score (nSPS) is 10.7. The van der Waals surface area contributed by atoms with Crippen molar-refractivity contribution in [2.24, 2.45) is 0 Å². The molecular weight excluding hydrogens is 408 g/mol. The van der Waals surface area contributed by atoms with Crippen molar-refractivity contribution >= 4 is 35.7 Å². The first kappa shape index (κ1) is 26.7. The standard InChI is InChI=1S/C16H26N4O10/c1-17(7-13(23)24)11(21)5-19(9-15(27)28)3-4-20(10-16(29)30)6-12(22)18(2)8-14(25)26/h3-10H2,1-2H3,(H,23,24)(H,25,26)(H,27,28)(H,29,30). The Kier molecular flexibility index (Phi) is 11.6. The maximum atomic E-state index is 12.1. The van der Waals surface area contributed by atoms with Crippen LogP contribution in [0.25, 0.3) is 0 Å². The molecule has 170 valence electrons. The van der Waals surface area contributed by atoms with Gasteiger partial charge in [-0.1, -0.05) is 0 Å². The predicted octanol–water partition coefficient (Wildman–Crippen LogP) is -3.15. The van der Waals surface area contributed by atoms with Gasteiger partial charge in [-0.3, -0.25) is 38.6 Å². The minimum atomic E-state index is -1.26. The van der Waals surface area contributed by atoms with E-state index in [2.05, 4.69) is 0 Å². The van der Waals surface area contributed by atoms with Crippen LogP contribution in [-0.2, 0) is 28.8 Å². The van der Waals surface area contributed by atoms with Gasteiger partial charge in [-0.25, -0.2) is 0 Å². The summed E-state index contributed by atoms with van der Waals surface area (Å²) >= 11 is 0. The van der Waals surface area contributed by atoms with Gasteiger partial charge in [-0.05, 0) is 0 Å². The molecule has 0 aromatic carbocycles. The molecule has 0 saturated carbocycles. The number of hydrogen-bond acceptors (Lipinski definition) is 8. The quantitative estimate of drug-likeness (QED) is 0.202. The van der Waals surface area contributed by atoms with Crippen molar-refractivity contribution in [2.75, 3.05) is 66.5 Å². The number of hydrogen-bond donors (Lipinski definition) is 4. The SMILES string of the molecule is CN(CC(=O)O)C(=O)CN(CCN(CC(=O)O)CC(=O)N(C)CC(=O)O)CC(=O)O. The van der Waals surface area contributed by atoms with Gasteiger partial charge in [0.15, 0.2) is 0 Å². The molecule has 0 aliphatic rings. The highest BCUT2D eigenvalue weighted by Gasteiger charge is 2.22. The Morgan fingerprint density at radius 1 is 0.500 bits per heavy atom. The largest absolute Gasteiger partial charge is 0.480 e. The molecule has 14 heteroatoms. The minimum Gasteiger partial charge on any atom is -0.480 e. The van der Waals surface area contributed by atoms with Gasteiger partial charge in [0.25, 0.3) is 0 Å². The maximum Gasteiger partial charge on any atom is 0.323 e. The molecule has 0 rings (SSSR count). The van der Waals surface area contributed by atoms with Crippen molar-refractivity contribution in [3.8, 4) is 0 Å². The molecule has 0 saturated heterocycles. The number of carboxylic acid groups (broad SMARTS) is 4. The molecule has 0 atom stereocenters. The summed E-state index contributed by atoms with van der Waals surface area (Å²) in [6.45, 7) is -3.36. The number of aliphatic carboxylic acids is 4. The number of nitrogens with zero attached hydrogens (tertiary/aromatic N) is 4. The summed E-state index contributed by atoms with van der Waals surface area (Å²) in [6.07, 6.45) is 0. The fourth-order valence-electron chi connectivity index (χ4n) is 2.30. The summed E-state index contributed by atoms with van der Waals surface area (Å²) < 4.78 is 0. The van der Waals surface area contributed by atoms with Crippen LogP contribution in [0.15, 0.2) is 0 Å². The van der Waals surface area contributed by atoms with Crippen LogP contribution in [0.1, 0.15) is 0 Å². The third kappa shape index (κ3) is 12.2. The van der Waals surface area contributed by atoms with Gasteiger partial charge < -0.3 is 30.2 Å². The third-order valence-electron chi connectivity index (χ3n) is 3.76. The van der Waals surface area contributed by atoms with Crippen LogP contribution in [0.2, 0.25) is 0 Å². The van der Waals surface area contributed by atoms with E-state index >= 15 is 0 Å². The van der Waals surface area contributed by atoms with Crippen LogP contribution in [0, 0.1) is 0 Å². The zero-order valence-corrected chi connectivity index (χ0v) is 16.7. The molecule has 0 unspecified atom stereocenters. The highest BCUT2D eigenvalue weighted by atomic mass is 16.4. The fraction of sp³-hybridized carbons (Fsp3) is 0.625.